The number of hydrogen-bond donors (Lipinski definition) is 0. The third kappa shape index (κ3) is 2.76. The Bertz CT molecular complexity index is 775. The summed E-state index contributed by atoms with van der Waals surface area (Å²) in [6.45, 7) is 6.22. The quantitative estimate of drug-likeness (QED) is 0.798. The molecule has 1 aromatic rings. The molecule has 0 bridgehead atoms. The zero-order chi connectivity index (χ0) is 19.1. The van der Waals surface area contributed by atoms with Crippen LogP contribution < -0.4 is 4.90 Å². The average molecular weight is 369 g/mol. The molecule has 27 heavy (non-hydrogen) atoms. The van der Waals surface area contributed by atoms with E-state index in [0.717, 1.165) is 44.0 Å². The number of carbonyl (C=O) groups is 2. The lowest BCUT2D eigenvalue weighted by atomic mass is 10.1. The minimum atomic E-state index is -0.435. The fourth-order valence-electron chi connectivity index (χ4n) is 4.11. The predicted octanol–water partition coefficient (Wildman–Crippen LogP) is 2.13. The second-order valence-electron chi connectivity index (χ2n) is 7.39. The van der Waals surface area contributed by atoms with Gasteiger partial charge < -0.3 is 14.7 Å². The number of carbonyl (C=O) groups excluding carboxylic acids is 2. The average Bonchev–Trinajstić information content (AvgIpc) is 3.26. The fraction of sp³-hybridized carbons (Fsp3) is 0.550. The highest BCUT2D eigenvalue weighted by Crippen LogP contribution is 2.33. The largest absolute Gasteiger partial charge is 0.328 e. The summed E-state index contributed by atoms with van der Waals surface area (Å²) < 4.78 is 0. The number of amides is 3. The minimum absolute atomic E-state index is 0.113. The lowest BCUT2D eigenvalue weighted by Gasteiger charge is -2.40. The zero-order valence-corrected chi connectivity index (χ0v) is 16.3. The SMILES string of the molecule is CCCCN1C(=O)C2C(N=C3N(c4ccc(CC)cc4)CCN32)N(C)C1=O. The molecule has 0 aromatic heterocycles. The van der Waals surface area contributed by atoms with Crippen molar-refractivity contribution >= 4 is 23.6 Å². The van der Waals surface area contributed by atoms with Gasteiger partial charge in [-0.25, -0.2) is 9.79 Å². The molecule has 7 heteroatoms. The molecule has 3 aliphatic rings. The number of nitrogens with zero attached hydrogens (tertiary/aromatic N) is 5. The van der Waals surface area contributed by atoms with E-state index in [1.54, 1.807) is 11.9 Å². The molecule has 2 saturated heterocycles. The highest BCUT2D eigenvalue weighted by Gasteiger charge is 2.54. The summed E-state index contributed by atoms with van der Waals surface area (Å²) in [4.78, 5) is 37.8. The van der Waals surface area contributed by atoms with Crippen LogP contribution in [-0.4, -0.2) is 71.5 Å². The van der Waals surface area contributed by atoms with Crippen LogP contribution in [0.1, 0.15) is 32.3 Å². The monoisotopic (exact) mass is 369 g/mol. The maximum absolute atomic E-state index is 13.1. The molecule has 144 valence electrons. The molecule has 4 rings (SSSR count). The van der Waals surface area contributed by atoms with Gasteiger partial charge in [-0.05, 0) is 30.5 Å². The van der Waals surface area contributed by atoms with Gasteiger partial charge in [-0.1, -0.05) is 32.4 Å². The van der Waals surface area contributed by atoms with E-state index in [4.69, 9.17) is 4.99 Å². The maximum Gasteiger partial charge on any atom is 0.328 e. The van der Waals surface area contributed by atoms with Gasteiger partial charge in [-0.2, -0.15) is 0 Å². The van der Waals surface area contributed by atoms with E-state index >= 15 is 0 Å². The summed E-state index contributed by atoms with van der Waals surface area (Å²) in [5.74, 6) is 0.693. The Labute approximate surface area is 160 Å². The Hall–Kier alpha value is -2.57. The molecule has 0 saturated carbocycles. The standard InChI is InChI=1S/C20H27N5O2/c1-4-6-11-25-18(26)16-17(22(3)20(25)27)21-19-23(12-13-24(16)19)15-9-7-14(5-2)8-10-15/h7-10,16-17H,4-6,11-13H2,1-3H3. The van der Waals surface area contributed by atoms with Crippen LogP contribution in [0, 0.1) is 0 Å². The van der Waals surface area contributed by atoms with E-state index in [2.05, 4.69) is 47.9 Å². The third-order valence-corrected chi connectivity index (χ3v) is 5.77. The minimum Gasteiger partial charge on any atom is -0.325 e. The number of hydrogen-bond acceptors (Lipinski definition) is 5. The summed E-state index contributed by atoms with van der Waals surface area (Å²) in [5.41, 5.74) is 2.38. The number of guanidine groups is 1. The fourth-order valence-corrected chi connectivity index (χ4v) is 4.11. The summed E-state index contributed by atoms with van der Waals surface area (Å²) >= 11 is 0. The summed E-state index contributed by atoms with van der Waals surface area (Å²) in [6.07, 6.45) is 2.34. The Morgan fingerprint density at radius 3 is 2.52 bits per heavy atom. The van der Waals surface area contributed by atoms with Gasteiger partial charge in [0.15, 0.2) is 12.2 Å². The lowest BCUT2D eigenvalue weighted by molar-refractivity contribution is -0.137. The molecule has 0 aliphatic carbocycles. The molecule has 0 N–H and O–H groups in total. The lowest BCUT2D eigenvalue weighted by Crippen LogP contribution is -2.64. The number of likely N-dealkylation sites (N-methyl/N-ethyl adjacent to an activating group) is 1. The highest BCUT2D eigenvalue weighted by atomic mass is 16.2. The molecular weight excluding hydrogens is 342 g/mol. The van der Waals surface area contributed by atoms with Gasteiger partial charge in [0.1, 0.15) is 0 Å². The summed E-state index contributed by atoms with van der Waals surface area (Å²) in [5, 5.41) is 0. The van der Waals surface area contributed by atoms with Crippen LogP contribution in [0.2, 0.25) is 0 Å². The van der Waals surface area contributed by atoms with Gasteiger partial charge in [0.2, 0.25) is 5.96 Å². The number of aliphatic imine (C=N–C) groups is 1. The first-order chi connectivity index (χ1) is 13.1. The molecule has 0 radical (unpaired) electrons. The van der Waals surface area contributed by atoms with E-state index < -0.39 is 12.2 Å². The van der Waals surface area contributed by atoms with E-state index in [0.29, 0.717) is 6.54 Å². The zero-order valence-electron chi connectivity index (χ0n) is 16.3. The first kappa shape index (κ1) is 17.8. The number of fused-ring (bicyclic) bond motifs is 3. The van der Waals surface area contributed by atoms with Gasteiger partial charge in [-0.3, -0.25) is 9.69 Å². The van der Waals surface area contributed by atoms with Crippen molar-refractivity contribution in [1.29, 1.82) is 0 Å². The van der Waals surface area contributed by atoms with Crippen molar-refractivity contribution in [1.82, 2.24) is 14.7 Å². The Kier molecular flexibility index (Phi) is 4.53. The Morgan fingerprint density at radius 1 is 1.11 bits per heavy atom. The molecule has 3 heterocycles. The molecular formula is C20H27N5O2. The molecule has 3 aliphatic heterocycles. The van der Waals surface area contributed by atoms with Crippen LogP contribution in [0.15, 0.2) is 29.3 Å². The summed E-state index contributed by atoms with van der Waals surface area (Å²) in [7, 11) is 1.75. The number of rotatable bonds is 5. The second kappa shape index (κ2) is 6.87. The number of benzene rings is 1. The van der Waals surface area contributed by atoms with Crippen LogP contribution in [0.5, 0.6) is 0 Å². The number of unbranched alkanes of at least 4 members (excludes halogenated alkanes) is 1. The van der Waals surface area contributed by atoms with Crippen LogP contribution in [-0.2, 0) is 11.2 Å². The van der Waals surface area contributed by atoms with Gasteiger partial charge in [-0.15, -0.1) is 0 Å². The van der Waals surface area contributed by atoms with E-state index in [-0.39, 0.29) is 11.9 Å². The number of urea groups is 1. The Balaban J connectivity index is 1.61. The normalized spacial score (nSPS) is 24.5. The smallest absolute Gasteiger partial charge is 0.325 e. The molecule has 7 nitrogen and oxygen atoms in total. The topological polar surface area (TPSA) is 59.5 Å². The molecule has 2 atom stereocenters. The molecule has 3 amide bonds. The third-order valence-electron chi connectivity index (χ3n) is 5.77. The summed E-state index contributed by atoms with van der Waals surface area (Å²) in [6, 6.07) is 7.84. The van der Waals surface area contributed by atoms with Crippen molar-refractivity contribution in [3.8, 4) is 0 Å². The van der Waals surface area contributed by atoms with Gasteiger partial charge in [0.25, 0.3) is 5.91 Å². The van der Waals surface area contributed by atoms with Crippen LogP contribution in [0.25, 0.3) is 0 Å². The van der Waals surface area contributed by atoms with Crippen molar-refractivity contribution in [2.75, 3.05) is 31.6 Å². The van der Waals surface area contributed by atoms with Crippen LogP contribution in [0.3, 0.4) is 0 Å². The molecule has 0 spiro atoms. The van der Waals surface area contributed by atoms with E-state index in [1.807, 2.05) is 0 Å². The van der Waals surface area contributed by atoms with Crippen molar-refractivity contribution in [3.63, 3.8) is 0 Å². The Morgan fingerprint density at radius 2 is 1.85 bits per heavy atom. The van der Waals surface area contributed by atoms with Crippen molar-refractivity contribution < 1.29 is 9.59 Å². The van der Waals surface area contributed by atoms with Crippen molar-refractivity contribution in [2.45, 2.75) is 45.3 Å². The van der Waals surface area contributed by atoms with Gasteiger partial charge in [0, 0.05) is 32.4 Å². The van der Waals surface area contributed by atoms with E-state index in [1.165, 1.54) is 10.5 Å². The molecule has 1 aromatic carbocycles. The highest BCUT2D eigenvalue weighted by molar-refractivity contribution is 6.07. The first-order valence-corrected chi connectivity index (χ1v) is 9.86. The van der Waals surface area contributed by atoms with Gasteiger partial charge in [0.05, 0.1) is 0 Å². The van der Waals surface area contributed by atoms with Crippen LogP contribution >= 0.6 is 0 Å². The number of anilines is 1. The van der Waals surface area contributed by atoms with Crippen molar-refractivity contribution in [2.24, 2.45) is 4.99 Å². The molecule has 2 unspecified atom stereocenters. The predicted molar refractivity (Wildman–Crippen MR) is 105 cm³/mol. The van der Waals surface area contributed by atoms with Gasteiger partial charge >= 0.3 is 6.03 Å². The van der Waals surface area contributed by atoms with Crippen molar-refractivity contribution in [3.05, 3.63) is 29.8 Å². The maximum atomic E-state index is 13.1. The number of imide groups is 1. The second-order valence-corrected chi connectivity index (χ2v) is 7.39. The number of aryl methyl sites for hydroxylation is 1. The van der Waals surface area contributed by atoms with Crippen LogP contribution in [0.4, 0.5) is 10.5 Å². The first-order valence-electron chi connectivity index (χ1n) is 9.86. The van der Waals surface area contributed by atoms with E-state index in [9.17, 15) is 9.59 Å². The molecule has 2 fully saturated rings.